The van der Waals surface area contributed by atoms with Gasteiger partial charge in [-0.25, -0.2) is 0 Å². The second-order valence-electron chi connectivity index (χ2n) is 6.60. The van der Waals surface area contributed by atoms with Gasteiger partial charge in [0, 0.05) is 25.2 Å². The predicted octanol–water partition coefficient (Wildman–Crippen LogP) is 2.32. The monoisotopic (exact) mass is 403 g/mol. The zero-order valence-electron chi connectivity index (χ0n) is 15.9. The number of hydrogen-bond donors (Lipinski definition) is 2. The summed E-state index contributed by atoms with van der Waals surface area (Å²) >= 11 is 0. The molecule has 0 radical (unpaired) electrons. The van der Waals surface area contributed by atoms with Crippen molar-refractivity contribution in [1.29, 1.82) is 0 Å². The average Bonchev–Trinajstić information content (AvgIpc) is 2.72. The fourth-order valence-corrected chi connectivity index (χ4v) is 3.26. The van der Waals surface area contributed by atoms with Crippen LogP contribution in [0.5, 0.6) is 5.75 Å². The molecule has 1 fully saturated rings. The number of nitrogens with zero attached hydrogens (tertiary/aromatic N) is 1. The van der Waals surface area contributed by atoms with Crippen molar-refractivity contribution >= 4 is 24.2 Å². The van der Waals surface area contributed by atoms with E-state index in [2.05, 4.69) is 36.5 Å². The third kappa shape index (κ3) is 5.24. The second kappa shape index (κ2) is 10.1. The summed E-state index contributed by atoms with van der Waals surface area (Å²) in [5.74, 6) is -0.145. The van der Waals surface area contributed by atoms with E-state index in [9.17, 15) is 9.59 Å². The highest BCUT2D eigenvalue weighted by molar-refractivity contribution is 5.95. The molecule has 7 heteroatoms. The van der Waals surface area contributed by atoms with Crippen LogP contribution in [-0.4, -0.2) is 43.0 Å². The van der Waals surface area contributed by atoms with Crippen LogP contribution in [0.3, 0.4) is 0 Å². The van der Waals surface area contributed by atoms with Gasteiger partial charge < -0.3 is 20.7 Å². The summed E-state index contributed by atoms with van der Waals surface area (Å²) in [7, 11) is 0. The first kappa shape index (κ1) is 21.7. The summed E-state index contributed by atoms with van der Waals surface area (Å²) in [5.41, 5.74) is 8.05. The van der Waals surface area contributed by atoms with Crippen LogP contribution in [0, 0.1) is 0 Å². The van der Waals surface area contributed by atoms with Crippen molar-refractivity contribution < 1.29 is 14.3 Å². The van der Waals surface area contributed by atoms with Crippen molar-refractivity contribution in [3.05, 3.63) is 65.2 Å². The Morgan fingerprint density at radius 3 is 2.64 bits per heavy atom. The molecule has 0 bridgehead atoms. The highest BCUT2D eigenvalue weighted by atomic mass is 35.5. The number of primary amides is 1. The second-order valence-corrected chi connectivity index (χ2v) is 6.60. The van der Waals surface area contributed by atoms with Crippen LogP contribution < -0.4 is 15.8 Å². The Labute approximate surface area is 171 Å². The van der Waals surface area contributed by atoms with Crippen molar-refractivity contribution in [3.63, 3.8) is 0 Å². The number of rotatable bonds is 6. The lowest BCUT2D eigenvalue weighted by molar-refractivity contribution is -0.119. The number of benzene rings is 2. The highest BCUT2D eigenvalue weighted by Crippen LogP contribution is 2.25. The summed E-state index contributed by atoms with van der Waals surface area (Å²) in [5, 5.41) is 3.37. The van der Waals surface area contributed by atoms with Crippen molar-refractivity contribution in [2.75, 3.05) is 26.2 Å². The zero-order chi connectivity index (χ0) is 19.2. The molecule has 3 rings (SSSR count). The molecule has 1 unspecified atom stereocenters. The van der Waals surface area contributed by atoms with E-state index in [-0.39, 0.29) is 31.0 Å². The first-order chi connectivity index (χ1) is 13.1. The normalized spacial score (nSPS) is 16.2. The number of halogens is 1. The summed E-state index contributed by atoms with van der Waals surface area (Å²) in [6.07, 6.45) is 0.990. The van der Waals surface area contributed by atoms with Crippen molar-refractivity contribution in [2.45, 2.75) is 19.4 Å². The molecule has 6 nitrogen and oxygen atoms in total. The number of ether oxygens (including phenoxy) is 1. The van der Waals surface area contributed by atoms with E-state index in [4.69, 9.17) is 10.5 Å². The Morgan fingerprint density at radius 2 is 1.96 bits per heavy atom. The molecule has 3 N–H and O–H groups in total. The van der Waals surface area contributed by atoms with Gasteiger partial charge in [-0.15, -0.1) is 12.4 Å². The van der Waals surface area contributed by atoms with Gasteiger partial charge in [-0.2, -0.15) is 0 Å². The maximum absolute atomic E-state index is 13.1. The van der Waals surface area contributed by atoms with E-state index in [1.165, 1.54) is 5.56 Å². The van der Waals surface area contributed by atoms with Crippen molar-refractivity contribution in [1.82, 2.24) is 10.2 Å². The number of nitrogens with one attached hydrogen (secondary N) is 1. The molecule has 0 spiro atoms. The van der Waals surface area contributed by atoms with Crippen LogP contribution >= 0.6 is 12.4 Å². The maximum atomic E-state index is 13.1. The molecule has 150 valence electrons. The quantitative estimate of drug-likeness (QED) is 0.775. The fourth-order valence-electron chi connectivity index (χ4n) is 3.26. The third-order valence-electron chi connectivity index (χ3n) is 4.74. The first-order valence-corrected chi connectivity index (χ1v) is 9.20. The van der Waals surface area contributed by atoms with Gasteiger partial charge in [0.05, 0.1) is 6.04 Å². The van der Waals surface area contributed by atoms with E-state index in [0.717, 1.165) is 25.1 Å². The summed E-state index contributed by atoms with van der Waals surface area (Å²) in [4.78, 5) is 25.9. The molecule has 0 aliphatic carbocycles. The van der Waals surface area contributed by atoms with Gasteiger partial charge >= 0.3 is 0 Å². The van der Waals surface area contributed by atoms with Gasteiger partial charge in [-0.1, -0.05) is 37.3 Å². The van der Waals surface area contributed by atoms with Gasteiger partial charge in [0.2, 0.25) is 0 Å². The Morgan fingerprint density at radius 1 is 1.21 bits per heavy atom. The molecule has 2 aromatic carbocycles. The number of hydrogen-bond acceptors (Lipinski definition) is 4. The number of carbonyl (C=O) groups is 2. The van der Waals surface area contributed by atoms with Crippen molar-refractivity contribution in [2.24, 2.45) is 5.73 Å². The number of aryl methyl sites for hydroxylation is 1. The molecular weight excluding hydrogens is 378 g/mol. The van der Waals surface area contributed by atoms with E-state index in [1.807, 2.05) is 4.90 Å². The topological polar surface area (TPSA) is 84.7 Å². The summed E-state index contributed by atoms with van der Waals surface area (Å²) < 4.78 is 5.32. The van der Waals surface area contributed by atoms with E-state index < -0.39 is 5.91 Å². The van der Waals surface area contributed by atoms with Gasteiger partial charge in [-0.05, 0) is 35.7 Å². The van der Waals surface area contributed by atoms with Gasteiger partial charge in [0.1, 0.15) is 5.75 Å². The fraction of sp³-hybridized carbons (Fsp3) is 0.333. The van der Waals surface area contributed by atoms with Crippen LogP contribution in [0.15, 0.2) is 48.5 Å². The zero-order valence-corrected chi connectivity index (χ0v) is 16.7. The summed E-state index contributed by atoms with van der Waals surface area (Å²) in [6, 6.07) is 15.3. The highest BCUT2D eigenvalue weighted by Gasteiger charge is 2.28. The minimum Gasteiger partial charge on any atom is -0.484 e. The van der Waals surface area contributed by atoms with Gasteiger partial charge in [-0.3, -0.25) is 9.59 Å². The number of nitrogens with two attached hydrogens (primary N) is 1. The lowest BCUT2D eigenvalue weighted by Crippen LogP contribution is -2.48. The molecule has 1 saturated heterocycles. The van der Waals surface area contributed by atoms with Crippen molar-refractivity contribution in [3.8, 4) is 5.75 Å². The van der Waals surface area contributed by atoms with Crippen LogP contribution in [0.2, 0.25) is 0 Å². The minimum atomic E-state index is -0.551. The standard InChI is InChI=1S/C21H25N3O3.ClH/c1-2-15-6-8-16(9-7-15)19-13-23-10-11-24(19)21(26)17-4-3-5-18(12-17)27-14-20(22)25;/h3-9,12,19,23H,2,10-11,13-14H2,1H3,(H2,22,25);1H. The van der Waals surface area contributed by atoms with Crippen LogP contribution in [0.1, 0.15) is 34.5 Å². The van der Waals surface area contributed by atoms with E-state index >= 15 is 0 Å². The van der Waals surface area contributed by atoms with Crippen LogP contribution in [0.4, 0.5) is 0 Å². The molecule has 1 atom stereocenters. The smallest absolute Gasteiger partial charge is 0.255 e. The lowest BCUT2D eigenvalue weighted by Gasteiger charge is -2.36. The number of carbonyl (C=O) groups excluding carboxylic acids is 2. The molecule has 1 aliphatic heterocycles. The summed E-state index contributed by atoms with van der Waals surface area (Å²) in [6.45, 7) is 4.02. The molecule has 2 amide bonds. The minimum absolute atomic E-state index is 0. The van der Waals surface area contributed by atoms with Gasteiger partial charge in [0.25, 0.3) is 11.8 Å². The molecule has 28 heavy (non-hydrogen) atoms. The first-order valence-electron chi connectivity index (χ1n) is 9.20. The molecule has 1 aliphatic rings. The predicted molar refractivity (Wildman–Crippen MR) is 111 cm³/mol. The largest absolute Gasteiger partial charge is 0.484 e. The Balaban J connectivity index is 0.00000280. The average molecular weight is 404 g/mol. The Kier molecular flexibility index (Phi) is 7.84. The van der Waals surface area contributed by atoms with E-state index in [0.29, 0.717) is 17.9 Å². The Hall–Kier alpha value is -2.57. The Bertz CT molecular complexity index is 811. The van der Waals surface area contributed by atoms with Crippen LogP contribution in [0.25, 0.3) is 0 Å². The molecular formula is C21H26ClN3O3. The SMILES string of the molecule is CCc1ccc(C2CNCCN2C(=O)c2cccc(OCC(N)=O)c2)cc1.Cl. The van der Waals surface area contributed by atoms with Crippen LogP contribution in [-0.2, 0) is 11.2 Å². The van der Waals surface area contributed by atoms with Gasteiger partial charge in [0.15, 0.2) is 6.61 Å². The molecule has 0 saturated carbocycles. The maximum Gasteiger partial charge on any atom is 0.255 e. The molecule has 1 heterocycles. The molecule has 2 aromatic rings. The lowest BCUT2D eigenvalue weighted by atomic mass is 10.00. The molecule has 0 aromatic heterocycles. The number of amides is 2. The number of piperazine rings is 1. The third-order valence-corrected chi connectivity index (χ3v) is 4.74. The van der Waals surface area contributed by atoms with E-state index in [1.54, 1.807) is 24.3 Å².